The average molecular weight is 254 g/mol. The smallest absolute Gasteiger partial charge is 0.366 e. The Kier molecular flexibility index (Phi) is 2.63. The zero-order valence-corrected chi connectivity index (χ0v) is 8.68. The molecule has 6 nitrogen and oxygen atoms in total. The molecule has 0 saturated heterocycles. The number of hydrogen-bond donors (Lipinski definition) is 1. The maximum absolute atomic E-state index is 12.5. The largest absolute Gasteiger partial charge is 0.433 e. The van der Waals surface area contributed by atoms with Crippen LogP contribution in [0.5, 0.6) is 0 Å². The predicted molar refractivity (Wildman–Crippen MR) is 53.3 cm³/mol. The summed E-state index contributed by atoms with van der Waals surface area (Å²) in [4.78, 5) is 6.92. The number of nitrogens with zero attached hydrogens (tertiary/aromatic N) is 5. The van der Waals surface area contributed by atoms with E-state index in [1.165, 1.54) is 0 Å². The molecule has 92 valence electrons. The minimum absolute atomic E-state index is 0.0621. The van der Waals surface area contributed by atoms with Crippen LogP contribution in [-0.2, 0) is 6.18 Å². The third kappa shape index (κ3) is 2.08. The van der Waals surface area contributed by atoms with Crippen LogP contribution < -0.4 is 5.73 Å². The third-order valence-electron chi connectivity index (χ3n) is 2.01. The first-order chi connectivity index (χ1) is 8.41. The van der Waals surface area contributed by atoms with Gasteiger partial charge in [-0.3, -0.25) is 0 Å². The molecule has 0 fully saturated rings. The van der Waals surface area contributed by atoms with Crippen molar-refractivity contribution in [1.82, 2.24) is 19.7 Å². The molecule has 2 rings (SSSR count). The molecule has 0 amide bonds. The van der Waals surface area contributed by atoms with E-state index in [0.717, 1.165) is 23.1 Å². The summed E-state index contributed by atoms with van der Waals surface area (Å²) in [5.74, 6) is -0.394. The molecule has 0 atom stereocenters. The molecular weight excluding hydrogens is 249 g/mol. The van der Waals surface area contributed by atoms with Crippen molar-refractivity contribution in [3.63, 3.8) is 0 Å². The first-order valence-corrected chi connectivity index (χ1v) is 4.57. The zero-order valence-electron chi connectivity index (χ0n) is 8.68. The maximum Gasteiger partial charge on any atom is 0.433 e. The van der Waals surface area contributed by atoms with Crippen LogP contribution >= 0.6 is 0 Å². The van der Waals surface area contributed by atoms with Crippen LogP contribution in [0.15, 0.2) is 18.5 Å². The van der Waals surface area contributed by atoms with Crippen LogP contribution in [0, 0.1) is 11.3 Å². The van der Waals surface area contributed by atoms with Crippen LogP contribution in [-0.4, -0.2) is 19.7 Å². The molecule has 0 bridgehead atoms. The van der Waals surface area contributed by atoms with Gasteiger partial charge in [-0.15, -0.1) is 5.10 Å². The molecule has 9 heteroatoms. The summed E-state index contributed by atoms with van der Waals surface area (Å²) < 4.78 is 38.4. The van der Waals surface area contributed by atoms with Gasteiger partial charge in [-0.2, -0.15) is 23.1 Å². The number of nitrogen functional groups attached to an aromatic ring is 1. The van der Waals surface area contributed by atoms with E-state index in [2.05, 4.69) is 15.1 Å². The van der Waals surface area contributed by atoms with Gasteiger partial charge in [-0.05, 0) is 12.1 Å². The Hall–Kier alpha value is -2.63. The zero-order chi connectivity index (χ0) is 13.3. The number of halogens is 3. The van der Waals surface area contributed by atoms with E-state index in [9.17, 15) is 13.2 Å². The number of nitrogens with two attached hydrogens (primary N) is 1. The molecular formula is C9H5F3N6. The normalized spacial score (nSPS) is 11.2. The van der Waals surface area contributed by atoms with Crippen molar-refractivity contribution in [3.05, 3.63) is 29.7 Å². The number of hydrogen-bond acceptors (Lipinski definition) is 5. The Balaban J connectivity index is 2.61. The summed E-state index contributed by atoms with van der Waals surface area (Å²) in [6, 6.07) is 3.46. The molecule has 0 aliphatic heterocycles. The van der Waals surface area contributed by atoms with Crippen LogP contribution in [0.2, 0.25) is 0 Å². The highest BCUT2D eigenvalue weighted by Gasteiger charge is 2.33. The van der Waals surface area contributed by atoms with Crippen molar-refractivity contribution in [1.29, 1.82) is 5.26 Å². The highest BCUT2D eigenvalue weighted by atomic mass is 19.4. The lowest BCUT2D eigenvalue weighted by atomic mass is 10.2. The molecule has 0 spiro atoms. The molecule has 0 aromatic carbocycles. The van der Waals surface area contributed by atoms with Crippen molar-refractivity contribution in [3.8, 4) is 11.9 Å². The van der Waals surface area contributed by atoms with Gasteiger partial charge in [0.25, 0.3) is 0 Å². The first kappa shape index (κ1) is 11.8. The molecule has 0 saturated carbocycles. The summed E-state index contributed by atoms with van der Waals surface area (Å²) in [5.41, 5.74) is 4.07. The Labute approximate surface area is 98.5 Å². The molecule has 0 unspecified atom stereocenters. The van der Waals surface area contributed by atoms with E-state index in [1.54, 1.807) is 6.07 Å². The number of nitriles is 1. The van der Waals surface area contributed by atoms with E-state index in [-0.39, 0.29) is 17.3 Å². The Morgan fingerprint density at radius 1 is 1.33 bits per heavy atom. The second-order valence-electron chi connectivity index (χ2n) is 3.22. The van der Waals surface area contributed by atoms with E-state index >= 15 is 0 Å². The van der Waals surface area contributed by atoms with Gasteiger partial charge in [0, 0.05) is 0 Å². The molecule has 0 aliphatic rings. The second kappa shape index (κ2) is 3.99. The Morgan fingerprint density at radius 3 is 2.56 bits per heavy atom. The highest BCUT2D eigenvalue weighted by molar-refractivity contribution is 5.44. The fourth-order valence-corrected chi connectivity index (χ4v) is 1.25. The summed E-state index contributed by atoms with van der Waals surface area (Å²) in [7, 11) is 0. The van der Waals surface area contributed by atoms with Crippen LogP contribution in [0.3, 0.4) is 0 Å². The molecule has 2 aromatic heterocycles. The molecule has 2 aromatic rings. The van der Waals surface area contributed by atoms with Crippen molar-refractivity contribution in [2.75, 3.05) is 5.73 Å². The lowest BCUT2D eigenvalue weighted by molar-refractivity contribution is -0.141. The van der Waals surface area contributed by atoms with Crippen molar-refractivity contribution in [2.24, 2.45) is 0 Å². The van der Waals surface area contributed by atoms with Gasteiger partial charge < -0.3 is 5.73 Å². The van der Waals surface area contributed by atoms with Gasteiger partial charge in [0.2, 0.25) is 5.95 Å². The van der Waals surface area contributed by atoms with Gasteiger partial charge in [-0.25, -0.2) is 9.97 Å². The summed E-state index contributed by atoms with van der Waals surface area (Å²) in [5, 5.41) is 12.4. The fraction of sp³-hybridized carbons (Fsp3) is 0.111. The van der Waals surface area contributed by atoms with Crippen LogP contribution in [0.25, 0.3) is 5.82 Å². The van der Waals surface area contributed by atoms with Crippen LogP contribution in [0.1, 0.15) is 11.3 Å². The van der Waals surface area contributed by atoms with E-state index < -0.39 is 11.9 Å². The summed E-state index contributed by atoms with van der Waals surface area (Å²) in [6.07, 6.45) is -3.52. The topological polar surface area (TPSA) is 93.4 Å². The van der Waals surface area contributed by atoms with E-state index in [4.69, 9.17) is 11.0 Å². The fourth-order valence-electron chi connectivity index (χ4n) is 1.25. The highest BCUT2D eigenvalue weighted by Crippen LogP contribution is 2.28. The number of aromatic nitrogens is 4. The number of pyridine rings is 1. The quantitative estimate of drug-likeness (QED) is 0.823. The minimum atomic E-state index is -4.60. The minimum Gasteiger partial charge on any atom is -0.366 e. The molecule has 2 heterocycles. The van der Waals surface area contributed by atoms with Crippen molar-refractivity contribution < 1.29 is 13.2 Å². The lowest BCUT2D eigenvalue weighted by Gasteiger charge is -2.08. The maximum atomic E-state index is 12.5. The summed E-state index contributed by atoms with van der Waals surface area (Å²) >= 11 is 0. The SMILES string of the molecule is N#Cc1ccc(C(F)(F)F)nc1-n1cnc(N)n1. The molecule has 18 heavy (non-hydrogen) atoms. The Bertz CT molecular complexity index is 624. The van der Waals surface area contributed by atoms with Gasteiger partial charge in [0.1, 0.15) is 18.1 Å². The number of anilines is 1. The lowest BCUT2D eigenvalue weighted by Crippen LogP contribution is -2.12. The van der Waals surface area contributed by atoms with Crippen LogP contribution in [0.4, 0.5) is 19.1 Å². The first-order valence-electron chi connectivity index (χ1n) is 4.57. The summed E-state index contributed by atoms with van der Waals surface area (Å²) in [6.45, 7) is 0. The van der Waals surface area contributed by atoms with Gasteiger partial charge >= 0.3 is 6.18 Å². The monoisotopic (exact) mass is 254 g/mol. The van der Waals surface area contributed by atoms with Gasteiger partial charge in [0.15, 0.2) is 5.82 Å². The number of rotatable bonds is 1. The predicted octanol–water partition coefficient (Wildman–Crippen LogP) is 1.13. The average Bonchev–Trinajstić information content (AvgIpc) is 2.73. The molecule has 2 N–H and O–H groups in total. The van der Waals surface area contributed by atoms with Gasteiger partial charge in [-0.1, -0.05) is 0 Å². The standard InChI is InChI=1S/C9H5F3N6/c10-9(11,12)6-2-1-5(3-13)7(16-6)18-4-15-8(14)17-18/h1-2,4H,(H2,14,17). The molecule has 0 aliphatic carbocycles. The van der Waals surface area contributed by atoms with E-state index in [0.29, 0.717) is 0 Å². The third-order valence-corrected chi connectivity index (χ3v) is 2.01. The molecule has 0 radical (unpaired) electrons. The Morgan fingerprint density at radius 2 is 2.06 bits per heavy atom. The van der Waals surface area contributed by atoms with Crippen molar-refractivity contribution in [2.45, 2.75) is 6.18 Å². The van der Waals surface area contributed by atoms with Crippen molar-refractivity contribution >= 4 is 5.95 Å². The number of alkyl halides is 3. The van der Waals surface area contributed by atoms with E-state index in [1.807, 2.05) is 0 Å². The van der Waals surface area contributed by atoms with Gasteiger partial charge in [0.05, 0.1) is 5.56 Å². The second-order valence-corrected chi connectivity index (χ2v) is 3.22.